The third kappa shape index (κ3) is 15.7. The summed E-state index contributed by atoms with van der Waals surface area (Å²) < 4.78 is -0.306. The van der Waals surface area contributed by atoms with Crippen LogP contribution in [0.4, 0.5) is 0 Å². The maximum Gasteiger partial charge on any atom is 0.214 e. The average Bonchev–Trinajstić information content (AvgIpc) is 2.11. The normalized spacial score (nSPS) is 14.5. The van der Waals surface area contributed by atoms with Crippen molar-refractivity contribution in [1.82, 2.24) is 11.5 Å². The molecule has 1 fully saturated rings. The van der Waals surface area contributed by atoms with Crippen LogP contribution < -0.4 is 11.5 Å². The van der Waals surface area contributed by atoms with E-state index in [1.165, 1.54) is 25.9 Å². The Morgan fingerprint density at radius 3 is 1.80 bits per heavy atom. The number of rotatable bonds is 0. The van der Waals surface area contributed by atoms with E-state index in [1.54, 1.807) is 0 Å². The number of hydrogen-bond acceptors (Lipinski definition) is 3. The van der Waals surface area contributed by atoms with Crippen molar-refractivity contribution < 1.29 is 5.11 Å². The van der Waals surface area contributed by atoms with E-state index in [4.69, 9.17) is 5.11 Å². The Hall–Kier alpha value is 0.160. The van der Waals surface area contributed by atoms with Crippen molar-refractivity contribution in [1.29, 1.82) is 0 Å². The van der Waals surface area contributed by atoms with E-state index in [1.807, 2.05) is 0 Å². The summed E-state index contributed by atoms with van der Waals surface area (Å²) in [7, 11) is 0. The summed E-state index contributed by atoms with van der Waals surface area (Å²) in [6.07, 6.45) is 2.78. The topological polar surface area (TPSA) is 67.3 Å². The third-order valence-electron chi connectivity index (χ3n) is 0.957. The largest absolute Gasteiger partial charge is 0.494 e. The first-order valence-corrected chi connectivity index (χ1v) is 3.71. The van der Waals surface area contributed by atoms with Gasteiger partial charge >= 0.3 is 0 Å². The number of nitrogens with one attached hydrogen (secondary N) is 1. The first kappa shape index (κ1) is 12.8. The molecule has 1 saturated heterocycles. The van der Waals surface area contributed by atoms with Crippen molar-refractivity contribution in [3.05, 3.63) is 0 Å². The van der Waals surface area contributed by atoms with Crippen molar-refractivity contribution in [3.63, 3.8) is 0 Å². The van der Waals surface area contributed by atoms with Crippen LogP contribution in [-0.4, -0.2) is 22.6 Å². The number of thiol groups is 1. The van der Waals surface area contributed by atoms with Gasteiger partial charge in [-0.05, 0) is 38.1 Å². The molecule has 0 spiro atoms. The van der Waals surface area contributed by atoms with E-state index in [9.17, 15) is 0 Å². The molecule has 1 aliphatic heterocycles. The highest BCUT2D eigenvalue weighted by Gasteiger charge is 1.93. The molecule has 5 N–H and O–H groups in total. The monoisotopic (exact) mass is 182 g/mol. The number of aliphatic hydroxyl groups is 1. The molecule has 0 aromatic rings. The molecule has 10 heavy (non-hydrogen) atoms. The summed E-state index contributed by atoms with van der Waals surface area (Å²) in [5.41, 5.74) is 0. The van der Waals surface area contributed by atoms with Crippen molar-refractivity contribution in [3.8, 4) is 0 Å². The Bertz CT molecular complexity index is 74.1. The summed E-state index contributed by atoms with van der Waals surface area (Å²) in [4.78, 5) is 0. The van der Waals surface area contributed by atoms with Crippen molar-refractivity contribution in [2.75, 3.05) is 13.1 Å². The van der Waals surface area contributed by atoms with Gasteiger partial charge in [-0.25, -0.2) is 0 Å². The van der Waals surface area contributed by atoms with Gasteiger partial charge < -0.3 is 16.6 Å². The summed E-state index contributed by atoms with van der Waals surface area (Å²) in [6, 6.07) is 0. The highest BCUT2D eigenvalue weighted by molar-refractivity contribution is 8.10. The Balaban J connectivity index is 0. The van der Waals surface area contributed by atoms with Crippen LogP contribution in [0.25, 0.3) is 0 Å². The quantitative estimate of drug-likeness (QED) is 0.337. The minimum Gasteiger partial charge on any atom is -0.494 e. The van der Waals surface area contributed by atoms with Crippen LogP contribution in [0.15, 0.2) is 0 Å². The first-order valence-electron chi connectivity index (χ1n) is 2.86. The smallest absolute Gasteiger partial charge is 0.214 e. The van der Waals surface area contributed by atoms with Crippen LogP contribution in [0.2, 0.25) is 0 Å². The van der Waals surface area contributed by atoms with E-state index >= 15 is 0 Å². The fraction of sp³-hybridized carbons (Fsp3) is 0.800. The van der Waals surface area contributed by atoms with Gasteiger partial charge in [-0.1, -0.05) is 12.6 Å². The Labute approximate surface area is 72.2 Å². The third-order valence-corrected chi connectivity index (χ3v) is 0.957. The molecule has 5 heteroatoms. The van der Waals surface area contributed by atoms with Gasteiger partial charge in [-0.2, -0.15) is 0 Å². The van der Waals surface area contributed by atoms with E-state index in [2.05, 4.69) is 30.2 Å². The second kappa shape index (κ2) is 9.16. The highest BCUT2D eigenvalue weighted by atomic mass is 32.1. The molecule has 0 bridgehead atoms. The van der Waals surface area contributed by atoms with Crippen molar-refractivity contribution in [2.24, 2.45) is 0 Å². The fourth-order valence-electron chi connectivity index (χ4n) is 0.625. The summed E-state index contributed by atoms with van der Waals surface area (Å²) >= 11 is 7.21. The van der Waals surface area contributed by atoms with Gasteiger partial charge in [-0.3, -0.25) is 0 Å². The molecule has 0 atom stereocenters. The summed E-state index contributed by atoms with van der Waals surface area (Å²) in [6.45, 7) is 2.50. The van der Waals surface area contributed by atoms with Crippen LogP contribution in [0, 0.1) is 0 Å². The average molecular weight is 182 g/mol. The number of hydrogen-bond donors (Lipinski definition) is 4. The minimum absolute atomic E-state index is 0. The zero-order chi connectivity index (χ0) is 7.11. The first-order chi connectivity index (χ1) is 4.23. The zero-order valence-electron chi connectivity index (χ0n) is 5.84. The molecule has 0 aromatic heterocycles. The molecule has 1 heterocycles. The van der Waals surface area contributed by atoms with Gasteiger partial charge in [0.2, 0.25) is 4.38 Å². The summed E-state index contributed by atoms with van der Waals surface area (Å²) in [5, 5.41) is 10.9. The van der Waals surface area contributed by atoms with Crippen LogP contribution in [0.5, 0.6) is 0 Å². The molecule has 0 radical (unpaired) electrons. The molecule has 3 nitrogen and oxygen atoms in total. The maximum absolute atomic E-state index is 7.65. The molecule has 0 saturated carbocycles. The second-order valence-electron chi connectivity index (χ2n) is 1.74. The van der Waals surface area contributed by atoms with Crippen LogP contribution in [-0.2, 0) is 0 Å². The predicted octanol–water partition coefficient (Wildman–Crippen LogP) is 1.29. The zero-order valence-corrected chi connectivity index (χ0v) is 7.55. The van der Waals surface area contributed by atoms with Gasteiger partial charge in [0.1, 0.15) is 0 Å². The van der Waals surface area contributed by atoms with E-state index in [0.717, 1.165) is 0 Å². The molecule has 62 valence electrons. The van der Waals surface area contributed by atoms with Gasteiger partial charge in [-0.15, -0.1) is 0 Å². The van der Waals surface area contributed by atoms with E-state index in [0.29, 0.717) is 0 Å². The predicted molar refractivity (Wildman–Crippen MR) is 51.3 cm³/mol. The van der Waals surface area contributed by atoms with Crippen LogP contribution >= 0.6 is 24.8 Å². The minimum atomic E-state index is -0.306. The summed E-state index contributed by atoms with van der Waals surface area (Å²) in [5.74, 6) is 0. The lowest BCUT2D eigenvalue weighted by atomic mass is 10.4. The van der Waals surface area contributed by atoms with Crippen LogP contribution in [0.1, 0.15) is 12.8 Å². The van der Waals surface area contributed by atoms with Crippen LogP contribution in [0.3, 0.4) is 0 Å². The van der Waals surface area contributed by atoms with Gasteiger partial charge in [0.05, 0.1) is 0 Å². The van der Waals surface area contributed by atoms with Gasteiger partial charge in [0, 0.05) is 0 Å². The van der Waals surface area contributed by atoms with Crippen molar-refractivity contribution in [2.45, 2.75) is 12.8 Å². The lowest BCUT2D eigenvalue weighted by Crippen LogP contribution is -2.03. The Morgan fingerprint density at radius 1 is 1.40 bits per heavy atom. The van der Waals surface area contributed by atoms with E-state index in [-0.39, 0.29) is 10.5 Å². The molecule has 1 rings (SSSR count). The fourth-order valence-corrected chi connectivity index (χ4v) is 0.625. The Kier molecular flexibility index (Phi) is 11.7. The standard InChI is InChI=1S/C4H9N.CH2OS2.H3N/c1-2-4-5-3-1;2-1(3)4;/h5H,1-4H2;(H2,2,3,4);1H3. The van der Waals surface area contributed by atoms with E-state index < -0.39 is 0 Å². The molecular weight excluding hydrogens is 168 g/mol. The van der Waals surface area contributed by atoms with Gasteiger partial charge in [0.15, 0.2) is 0 Å². The molecule has 0 unspecified atom stereocenters. The lowest BCUT2D eigenvalue weighted by molar-refractivity contribution is 0.586. The van der Waals surface area contributed by atoms with Gasteiger partial charge in [0.25, 0.3) is 0 Å². The SMILES string of the molecule is C1CCNC1.N.OC(=S)S. The molecular formula is C5H14N2OS2. The molecule has 0 amide bonds. The molecule has 0 aliphatic carbocycles. The number of aliphatic hydroxyl groups excluding tert-OH is 1. The van der Waals surface area contributed by atoms with Crippen molar-refractivity contribution >= 4 is 29.2 Å². The second-order valence-corrected chi connectivity index (χ2v) is 2.85. The number of thiocarbonyl (C=S) groups is 1. The molecule has 1 aliphatic rings. The molecule has 0 aromatic carbocycles. The highest BCUT2D eigenvalue weighted by Crippen LogP contribution is 1.90. The lowest BCUT2D eigenvalue weighted by Gasteiger charge is -1.76. The maximum atomic E-state index is 7.65. The Morgan fingerprint density at radius 2 is 1.70 bits per heavy atom.